The highest BCUT2D eigenvalue weighted by atomic mass is 32.2. The van der Waals surface area contributed by atoms with Crippen molar-refractivity contribution in [3.63, 3.8) is 0 Å². The summed E-state index contributed by atoms with van der Waals surface area (Å²) in [7, 11) is 0. The summed E-state index contributed by atoms with van der Waals surface area (Å²) >= 11 is -1.38. The minimum Gasteiger partial charge on any atom is -0.412 e. The molecule has 1 aliphatic rings. The van der Waals surface area contributed by atoms with Gasteiger partial charge in [0, 0.05) is 12.8 Å². The van der Waals surface area contributed by atoms with Crippen molar-refractivity contribution >= 4 is 11.1 Å². The molecule has 23 heavy (non-hydrogen) atoms. The predicted octanol–water partition coefficient (Wildman–Crippen LogP) is 2.96. The summed E-state index contributed by atoms with van der Waals surface area (Å²) in [6.45, 7) is 2.63. The van der Waals surface area contributed by atoms with Crippen LogP contribution in [0.25, 0.3) is 0 Å². The third-order valence-electron chi connectivity index (χ3n) is 3.82. The number of benzene rings is 2. The van der Waals surface area contributed by atoms with Crippen LogP contribution in [-0.2, 0) is 26.6 Å². The van der Waals surface area contributed by atoms with Gasteiger partial charge in [0.15, 0.2) is 11.1 Å². The van der Waals surface area contributed by atoms with Crippen LogP contribution in [0.3, 0.4) is 0 Å². The Labute approximate surface area is 139 Å². The highest BCUT2D eigenvalue weighted by Gasteiger charge is 2.32. The van der Waals surface area contributed by atoms with Crippen molar-refractivity contribution in [2.45, 2.75) is 43.5 Å². The van der Waals surface area contributed by atoms with E-state index in [9.17, 15) is 4.21 Å². The van der Waals surface area contributed by atoms with Crippen LogP contribution >= 0.6 is 0 Å². The smallest absolute Gasteiger partial charge is 0.189 e. The summed E-state index contributed by atoms with van der Waals surface area (Å²) in [5.41, 5.74) is 2.33. The summed E-state index contributed by atoms with van der Waals surface area (Å²) < 4.78 is 23.5. The molecule has 1 unspecified atom stereocenters. The maximum Gasteiger partial charge on any atom is 0.189 e. The molecule has 0 spiro atoms. The molecule has 1 atom stereocenters. The second-order valence-corrected chi connectivity index (χ2v) is 6.79. The Hall–Kier alpha value is -1.53. The van der Waals surface area contributed by atoms with E-state index in [1.807, 2.05) is 49.4 Å². The zero-order valence-electron chi connectivity index (χ0n) is 13.1. The monoisotopic (exact) mass is 334 g/mol. The number of aryl methyl sites for hydroxylation is 1. The lowest BCUT2D eigenvalue weighted by Crippen LogP contribution is -2.37. The summed E-state index contributed by atoms with van der Waals surface area (Å²) in [5.74, 6) is 0. The molecule has 124 valence electrons. The lowest BCUT2D eigenvalue weighted by Gasteiger charge is -2.34. The quantitative estimate of drug-likeness (QED) is 0.815. The van der Waals surface area contributed by atoms with Crippen molar-refractivity contribution in [2.75, 3.05) is 0 Å². The predicted molar refractivity (Wildman–Crippen MR) is 90.3 cm³/mol. The highest BCUT2D eigenvalue weighted by Crippen LogP contribution is 2.29. The third-order valence-corrected chi connectivity index (χ3v) is 4.92. The van der Waals surface area contributed by atoms with Crippen LogP contribution in [0.15, 0.2) is 59.5 Å². The Kier molecular flexibility index (Phi) is 6.47. The Balaban J connectivity index is 0.00000192. The van der Waals surface area contributed by atoms with E-state index in [-0.39, 0.29) is 17.7 Å². The van der Waals surface area contributed by atoms with Gasteiger partial charge >= 0.3 is 0 Å². The van der Waals surface area contributed by atoms with Gasteiger partial charge in [-0.2, -0.15) is 0 Å². The lowest BCUT2D eigenvalue weighted by molar-refractivity contribution is -0.0647. The number of rotatable bonds is 6. The van der Waals surface area contributed by atoms with Gasteiger partial charge in [0.2, 0.25) is 0 Å². The van der Waals surface area contributed by atoms with E-state index in [4.69, 9.17) is 8.92 Å². The zero-order valence-corrected chi connectivity index (χ0v) is 13.9. The van der Waals surface area contributed by atoms with Crippen molar-refractivity contribution in [3.05, 3.63) is 65.7 Å². The molecule has 2 aromatic rings. The fourth-order valence-corrected chi connectivity index (χ4v) is 3.22. The van der Waals surface area contributed by atoms with E-state index in [2.05, 4.69) is 12.1 Å². The summed E-state index contributed by atoms with van der Waals surface area (Å²) in [5, 5.41) is 0. The Bertz CT molecular complexity index is 621. The van der Waals surface area contributed by atoms with Crippen LogP contribution in [0, 0.1) is 6.92 Å². The van der Waals surface area contributed by atoms with Crippen molar-refractivity contribution in [1.82, 2.24) is 0 Å². The molecule has 1 fully saturated rings. The average Bonchev–Trinajstić information content (AvgIpc) is 2.51. The van der Waals surface area contributed by atoms with Gasteiger partial charge in [0.25, 0.3) is 0 Å². The fraction of sp³-hybridized carbons (Fsp3) is 0.333. The standard InChI is InChI=1S/C18H20O3S.H2O/c1-14-7-9-18(10-8-14)22(19)21-17-11-16(12-17)20-13-15-5-3-2-4-6-15;/h2-10,16-17H,11-13H2,1H3;1H2. The lowest BCUT2D eigenvalue weighted by atomic mass is 9.92. The van der Waals surface area contributed by atoms with Crippen molar-refractivity contribution in [1.29, 1.82) is 0 Å². The van der Waals surface area contributed by atoms with E-state index in [0.717, 1.165) is 23.3 Å². The maximum atomic E-state index is 12.1. The van der Waals surface area contributed by atoms with Gasteiger partial charge in [-0.3, -0.25) is 4.18 Å². The SMILES string of the molecule is Cc1ccc(S(=O)OC2CC(OCc3ccccc3)C2)cc1.O. The molecule has 0 amide bonds. The molecule has 0 bridgehead atoms. The molecule has 4 nitrogen and oxygen atoms in total. The number of hydrogen-bond donors (Lipinski definition) is 0. The van der Waals surface area contributed by atoms with Crippen molar-refractivity contribution in [2.24, 2.45) is 0 Å². The van der Waals surface area contributed by atoms with E-state index >= 15 is 0 Å². The van der Waals surface area contributed by atoms with Gasteiger partial charge in [-0.15, -0.1) is 0 Å². The van der Waals surface area contributed by atoms with Crippen molar-refractivity contribution in [3.8, 4) is 0 Å². The molecule has 1 aliphatic carbocycles. The molecule has 0 aliphatic heterocycles. The van der Waals surface area contributed by atoms with Gasteiger partial charge in [0.05, 0.1) is 23.7 Å². The van der Waals surface area contributed by atoms with Gasteiger partial charge in [0.1, 0.15) is 0 Å². The van der Waals surface area contributed by atoms with Crippen molar-refractivity contribution < 1.29 is 18.6 Å². The summed E-state index contributed by atoms with van der Waals surface area (Å²) in [4.78, 5) is 0.722. The van der Waals surface area contributed by atoms with Crippen LogP contribution in [0.1, 0.15) is 24.0 Å². The minimum atomic E-state index is -1.38. The fourth-order valence-electron chi connectivity index (χ4n) is 2.35. The van der Waals surface area contributed by atoms with Gasteiger partial charge in [-0.1, -0.05) is 48.0 Å². The van der Waals surface area contributed by atoms with Gasteiger partial charge < -0.3 is 10.2 Å². The Morgan fingerprint density at radius 1 is 1.00 bits per heavy atom. The first kappa shape index (κ1) is 17.8. The average molecular weight is 334 g/mol. The van der Waals surface area contributed by atoms with Crippen LogP contribution in [0.2, 0.25) is 0 Å². The van der Waals surface area contributed by atoms with Crippen LogP contribution < -0.4 is 0 Å². The van der Waals surface area contributed by atoms with E-state index in [0.29, 0.717) is 6.61 Å². The summed E-state index contributed by atoms with van der Waals surface area (Å²) in [6, 6.07) is 17.7. The Morgan fingerprint density at radius 3 is 2.30 bits per heavy atom. The first-order chi connectivity index (χ1) is 10.7. The molecule has 0 heterocycles. The molecule has 2 N–H and O–H groups in total. The molecule has 3 rings (SSSR count). The normalized spacial score (nSPS) is 21.1. The maximum absolute atomic E-state index is 12.1. The minimum absolute atomic E-state index is 0. The molecule has 0 aromatic heterocycles. The molecule has 1 saturated carbocycles. The second kappa shape index (κ2) is 8.36. The summed E-state index contributed by atoms with van der Waals surface area (Å²) in [6.07, 6.45) is 1.86. The second-order valence-electron chi connectivity index (χ2n) is 5.66. The topological polar surface area (TPSA) is 67.0 Å². The largest absolute Gasteiger partial charge is 0.412 e. The molecule has 0 saturated heterocycles. The zero-order chi connectivity index (χ0) is 15.4. The van der Waals surface area contributed by atoms with E-state index in [1.54, 1.807) is 0 Å². The van der Waals surface area contributed by atoms with Gasteiger partial charge in [-0.05, 0) is 24.6 Å². The molecule has 5 heteroatoms. The van der Waals surface area contributed by atoms with Gasteiger partial charge in [-0.25, -0.2) is 4.21 Å². The molecular formula is C18H22O4S. The first-order valence-corrected chi connectivity index (χ1v) is 8.59. The first-order valence-electron chi connectivity index (χ1n) is 7.52. The highest BCUT2D eigenvalue weighted by molar-refractivity contribution is 7.80. The Morgan fingerprint density at radius 2 is 1.65 bits per heavy atom. The molecule has 2 aromatic carbocycles. The third kappa shape index (κ3) is 4.97. The van der Waals surface area contributed by atoms with E-state index < -0.39 is 11.1 Å². The van der Waals surface area contributed by atoms with Crippen LogP contribution in [-0.4, -0.2) is 21.9 Å². The molecule has 0 radical (unpaired) electrons. The number of ether oxygens (including phenoxy) is 1. The van der Waals surface area contributed by atoms with Crippen LogP contribution in [0.4, 0.5) is 0 Å². The van der Waals surface area contributed by atoms with Crippen LogP contribution in [0.5, 0.6) is 0 Å². The number of hydrogen-bond acceptors (Lipinski definition) is 3. The van der Waals surface area contributed by atoms with E-state index in [1.165, 1.54) is 5.56 Å². The molecular weight excluding hydrogens is 312 g/mol.